The normalized spacial score (nSPS) is 8.71. The third-order valence-electron chi connectivity index (χ3n) is 1.47. The van der Waals surface area contributed by atoms with Crippen molar-refractivity contribution in [2.24, 2.45) is 0 Å². The highest BCUT2D eigenvalue weighted by Crippen LogP contribution is 1.65. The van der Waals surface area contributed by atoms with E-state index in [1.54, 1.807) is 4.90 Å². The smallest absolute Gasteiger partial charge is 0.0957 e. The molecule has 0 aromatic carbocycles. The first-order valence-corrected chi connectivity index (χ1v) is 4.45. The summed E-state index contributed by atoms with van der Waals surface area (Å²) in [5.74, 6) is 0. The lowest BCUT2D eigenvalue weighted by Gasteiger charge is -2.13. The molecule has 0 aliphatic rings. The molecule has 0 radical (unpaired) electrons. The molecule has 1 N–H and O–H groups in total. The molecule has 5 heteroatoms. The van der Waals surface area contributed by atoms with Crippen LogP contribution in [-0.4, -0.2) is 24.7 Å². The van der Waals surface area contributed by atoms with E-state index in [2.05, 4.69) is 20.1 Å². The second-order valence-electron chi connectivity index (χ2n) is 2.71. The fourth-order valence-corrected chi connectivity index (χ4v) is 1.05. The highest BCUT2D eigenvalue weighted by atomic mass is 16.9. The third-order valence-corrected chi connectivity index (χ3v) is 1.47. The fourth-order valence-electron chi connectivity index (χ4n) is 1.05. The lowest BCUT2D eigenvalue weighted by atomic mass is 10.4. The van der Waals surface area contributed by atoms with E-state index in [0.29, 0.717) is 0 Å². The lowest BCUT2D eigenvalue weighted by Crippen LogP contribution is -3.11. The van der Waals surface area contributed by atoms with E-state index in [9.17, 15) is 0 Å². The minimum Gasteiger partial charge on any atom is -0.356 e. The Hall–Kier alpha value is -1.36. The van der Waals surface area contributed by atoms with Gasteiger partial charge >= 0.3 is 0 Å². The predicted octanol–water partition coefficient (Wildman–Crippen LogP) is 0.414. The molecule has 0 aromatic heterocycles. The van der Waals surface area contributed by atoms with Crippen LogP contribution in [0.15, 0.2) is 25.3 Å². The van der Waals surface area contributed by atoms with Crippen molar-refractivity contribution >= 4 is 0 Å². The summed E-state index contributed by atoms with van der Waals surface area (Å²) in [5, 5.41) is 14.8. The Morgan fingerprint density at radius 3 is 1.86 bits per heavy atom. The Balaban J connectivity index is 0. The molecule has 0 amide bonds. The average molecular weight is 202 g/mol. The van der Waals surface area contributed by atoms with Crippen LogP contribution in [0.5, 0.6) is 0 Å². The molecule has 0 rings (SSSR count). The van der Waals surface area contributed by atoms with Gasteiger partial charge in [-0.15, -0.1) is 0 Å². The van der Waals surface area contributed by atoms with Crippen LogP contribution in [0.25, 0.3) is 0 Å². The number of nitrogens with one attached hydrogen (secondary N) is 1. The van der Waals surface area contributed by atoms with Gasteiger partial charge in [0.2, 0.25) is 0 Å². The molecule has 82 valence electrons. The number of quaternary nitrogens is 1. The molecule has 5 nitrogen and oxygen atoms in total. The zero-order valence-corrected chi connectivity index (χ0v) is 8.57. The summed E-state index contributed by atoms with van der Waals surface area (Å²) in [4.78, 5) is 9.80. The van der Waals surface area contributed by atoms with Crippen molar-refractivity contribution in [2.45, 2.75) is 13.3 Å². The summed E-state index contributed by atoms with van der Waals surface area (Å²) < 4.78 is 0. The van der Waals surface area contributed by atoms with Gasteiger partial charge in [-0.25, -0.2) is 0 Å². The van der Waals surface area contributed by atoms with Crippen LogP contribution in [0.1, 0.15) is 13.3 Å². The summed E-state index contributed by atoms with van der Waals surface area (Å²) in [5.41, 5.74) is 0. The maximum atomic E-state index is 8.25. The number of hydrogen-bond acceptors (Lipinski definition) is 3. The average Bonchev–Trinajstić information content (AvgIpc) is 2.04. The van der Waals surface area contributed by atoms with Gasteiger partial charge in [-0.2, -0.15) is 0 Å². The van der Waals surface area contributed by atoms with E-state index >= 15 is 0 Å². The van der Waals surface area contributed by atoms with E-state index in [-0.39, 0.29) is 0 Å². The molecule has 0 bridgehead atoms. The molecule has 14 heavy (non-hydrogen) atoms. The van der Waals surface area contributed by atoms with Crippen molar-refractivity contribution in [3.05, 3.63) is 40.6 Å². The minimum atomic E-state index is -1.75. The number of nitrogens with zero attached hydrogens (tertiary/aromatic N) is 1. The molecule has 0 saturated carbocycles. The minimum absolute atomic E-state index is 1.06. The highest BCUT2D eigenvalue weighted by molar-refractivity contribution is 4.67. The summed E-state index contributed by atoms with van der Waals surface area (Å²) in [7, 11) is 0. The molecule has 0 aliphatic heterocycles. The van der Waals surface area contributed by atoms with E-state index < -0.39 is 5.09 Å². The Kier molecular flexibility index (Phi) is 12.6. The molecular formula is C9H18N2O3. The van der Waals surface area contributed by atoms with Gasteiger partial charge in [0.1, 0.15) is 0 Å². The Labute approximate surface area is 84.4 Å². The Morgan fingerprint density at radius 1 is 1.29 bits per heavy atom. The summed E-state index contributed by atoms with van der Waals surface area (Å²) in [6, 6.07) is 0. The number of hydrogen-bond donors (Lipinski definition) is 1. The molecule has 0 fully saturated rings. The summed E-state index contributed by atoms with van der Waals surface area (Å²) in [6.07, 6.45) is 5.17. The van der Waals surface area contributed by atoms with Crippen molar-refractivity contribution in [1.82, 2.24) is 0 Å². The predicted molar refractivity (Wildman–Crippen MR) is 56.6 cm³/mol. The van der Waals surface area contributed by atoms with E-state index in [4.69, 9.17) is 15.3 Å². The topological polar surface area (TPSA) is 70.6 Å². The zero-order chi connectivity index (χ0) is 11.4. The van der Waals surface area contributed by atoms with Gasteiger partial charge in [-0.1, -0.05) is 20.1 Å². The second kappa shape index (κ2) is 11.6. The molecule has 0 saturated heterocycles. The fraction of sp³-hybridized carbons (Fsp3) is 0.556. The van der Waals surface area contributed by atoms with Crippen molar-refractivity contribution < 1.29 is 9.99 Å². The molecule has 0 spiro atoms. The van der Waals surface area contributed by atoms with Crippen LogP contribution in [0.4, 0.5) is 0 Å². The van der Waals surface area contributed by atoms with Crippen LogP contribution in [0, 0.1) is 15.3 Å². The van der Waals surface area contributed by atoms with Gasteiger partial charge < -0.3 is 20.2 Å². The van der Waals surface area contributed by atoms with Crippen LogP contribution < -0.4 is 4.90 Å². The largest absolute Gasteiger partial charge is 0.356 e. The van der Waals surface area contributed by atoms with Crippen molar-refractivity contribution in [3.8, 4) is 0 Å². The molecule has 0 atom stereocenters. The Bertz CT molecular complexity index is 157. The summed E-state index contributed by atoms with van der Waals surface area (Å²) in [6.45, 7) is 13.0. The molecule has 0 aliphatic carbocycles. The van der Waals surface area contributed by atoms with Crippen LogP contribution in [0.2, 0.25) is 0 Å². The zero-order valence-electron chi connectivity index (χ0n) is 8.57. The lowest BCUT2D eigenvalue weighted by molar-refractivity contribution is -0.888. The van der Waals surface area contributed by atoms with Gasteiger partial charge in [0.15, 0.2) is 0 Å². The van der Waals surface area contributed by atoms with Gasteiger partial charge in [-0.3, -0.25) is 0 Å². The van der Waals surface area contributed by atoms with E-state index in [1.165, 1.54) is 13.0 Å². The first kappa shape index (κ1) is 15.1. The Morgan fingerprint density at radius 2 is 1.64 bits per heavy atom. The number of rotatable bonds is 6. The quantitative estimate of drug-likeness (QED) is 0.385. The second-order valence-corrected chi connectivity index (χ2v) is 2.71. The van der Waals surface area contributed by atoms with Crippen molar-refractivity contribution in [3.63, 3.8) is 0 Å². The maximum Gasteiger partial charge on any atom is 0.0957 e. The molecule has 0 heterocycles. The van der Waals surface area contributed by atoms with E-state index in [0.717, 1.165) is 13.1 Å². The standard InChI is InChI=1S/C9H17N.NO3/c1-4-7-10(8-5-2)9-6-3;2-1(3)4/h4-5H,1-2,6-9H2,3H3;/q;-1/p+1. The first-order valence-electron chi connectivity index (χ1n) is 4.45. The van der Waals surface area contributed by atoms with Crippen LogP contribution in [-0.2, 0) is 0 Å². The monoisotopic (exact) mass is 202 g/mol. The molecular weight excluding hydrogens is 184 g/mol. The van der Waals surface area contributed by atoms with Crippen LogP contribution >= 0.6 is 0 Å². The molecule has 0 unspecified atom stereocenters. The molecule has 0 aromatic rings. The highest BCUT2D eigenvalue weighted by Gasteiger charge is 1.99. The van der Waals surface area contributed by atoms with Gasteiger partial charge in [0, 0.05) is 0 Å². The van der Waals surface area contributed by atoms with Crippen molar-refractivity contribution in [2.75, 3.05) is 19.6 Å². The first-order chi connectivity index (χ1) is 6.58. The van der Waals surface area contributed by atoms with Gasteiger partial charge in [-0.05, 0) is 18.6 Å². The van der Waals surface area contributed by atoms with E-state index in [1.807, 2.05) is 12.2 Å². The van der Waals surface area contributed by atoms with Gasteiger partial charge in [0.25, 0.3) is 0 Å². The van der Waals surface area contributed by atoms with Crippen LogP contribution in [0.3, 0.4) is 0 Å². The maximum absolute atomic E-state index is 8.25. The SMILES string of the molecule is C=CC[NH+](CC=C)CCC.O=[N+]([O-])[O-]. The van der Waals surface area contributed by atoms with Crippen molar-refractivity contribution in [1.29, 1.82) is 0 Å². The third kappa shape index (κ3) is 16.9. The van der Waals surface area contributed by atoms with Gasteiger partial charge in [0.05, 0.1) is 24.7 Å². The summed E-state index contributed by atoms with van der Waals surface area (Å²) >= 11 is 0.